The number of nitro benzene ring substituents is 1. The molecule has 0 spiro atoms. The van der Waals surface area contributed by atoms with Crippen molar-refractivity contribution < 1.29 is 14.1 Å². The predicted octanol–water partition coefficient (Wildman–Crippen LogP) is 3.59. The lowest BCUT2D eigenvalue weighted by molar-refractivity contribution is -0.385. The van der Waals surface area contributed by atoms with E-state index in [1.165, 1.54) is 0 Å². The van der Waals surface area contributed by atoms with Gasteiger partial charge in [-0.25, -0.2) is 4.39 Å². The number of anilines is 1. The third-order valence-corrected chi connectivity index (χ3v) is 3.18. The first-order valence-corrected chi connectivity index (χ1v) is 6.55. The smallest absolute Gasteiger partial charge is 0.273 e. The van der Waals surface area contributed by atoms with Crippen LogP contribution in [0.15, 0.2) is 42.5 Å². The van der Waals surface area contributed by atoms with Crippen molar-refractivity contribution in [3.8, 4) is 0 Å². The van der Waals surface area contributed by atoms with Crippen LogP contribution >= 0.6 is 22.6 Å². The van der Waals surface area contributed by atoms with Crippen molar-refractivity contribution in [2.24, 2.45) is 0 Å². The summed E-state index contributed by atoms with van der Waals surface area (Å²) < 4.78 is 14.3. The van der Waals surface area contributed by atoms with Gasteiger partial charge >= 0.3 is 0 Å². The van der Waals surface area contributed by atoms with Gasteiger partial charge in [-0.05, 0) is 52.9 Å². The van der Waals surface area contributed by atoms with Crippen molar-refractivity contribution >= 4 is 39.9 Å². The Morgan fingerprint density at radius 2 is 1.85 bits per heavy atom. The molecule has 0 saturated carbocycles. The Hall–Kier alpha value is -2.03. The van der Waals surface area contributed by atoms with E-state index in [4.69, 9.17) is 0 Å². The maximum absolute atomic E-state index is 13.3. The summed E-state index contributed by atoms with van der Waals surface area (Å²) in [6.07, 6.45) is 0. The molecule has 1 N–H and O–H groups in total. The van der Waals surface area contributed by atoms with Gasteiger partial charge in [0.25, 0.3) is 11.6 Å². The van der Waals surface area contributed by atoms with E-state index in [9.17, 15) is 19.3 Å². The third-order valence-electron chi connectivity index (χ3n) is 2.46. The Morgan fingerprint density at radius 3 is 2.45 bits per heavy atom. The quantitative estimate of drug-likeness (QED) is 0.498. The number of hydrogen-bond donors (Lipinski definition) is 1. The molecule has 0 fully saturated rings. The number of halogens is 2. The average molecular weight is 386 g/mol. The highest BCUT2D eigenvalue weighted by Crippen LogP contribution is 2.18. The maximum Gasteiger partial charge on any atom is 0.273 e. The molecule has 0 aliphatic heterocycles. The number of rotatable bonds is 3. The fourth-order valence-corrected chi connectivity index (χ4v) is 1.91. The third kappa shape index (κ3) is 3.50. The minimum Gasteiger partial charge on any atom is -0.322 e. The lowest BCUT2D eigenvalue weighted by Gasteiger charge is -2.05. The second-order valence-electron chi connectivity index (χ2n) is 3.92. The van der Waals surface area contributed by atoms with E-state index in [2.05, 4.69) is 27.9 Å². The number of nitro groups is 1. The van der Waals surface area contributed by atoms with E-state index < -0.39 is 22.3 Å². The van der Waals surface area contributed by atoms with Gasteiger partial charge in [-0.2, -0.15) is 0 Å². The zero-order valence-corrected chi connectivity index (χ0v) is 12.1. The van der Waals surface area contributed by atoms with Crippen molar-refractivity contribution in [1.82, 2.24) is 0 Å². The number of nitrogens with zero attached hydrogens (tertiary/aromatic N) is 1. The Bertz CT molecular complexity index is 674. The fourth-order valence-electron chi connectivity index (χ4n) is 1.55. The second kappa shape index (κ2) is 5.95. The van der Waals surface area contributed by atoms with Crippen LogP contribution < -0.4 is 5.32 Å². The number of benzene rings is 2. The van der Waals surface area contributed by atoms with Crippen LogP contribution in [0.2, 0.25) is 0 Å². The van der Waals surface area contributed by atoms with E-state index in [1.807, 2.05) is 0 Å². The molecule has 0 unspecified atom stereocenters. The maximum atomic E-state index is 13.3. The number of carbonyl (C=O) groups excluding carboxylic acids is 1. The molecule has 0 bridgehead atoms. The lowest BCUT2D eigenvalue weighted by Crippen LogP contribution is -2.12. The first-order chi connectivity index (χ1) is 9.45. The monoisotopic (exact) mass is 386 g/mol. The zero-order chi connectivity index (χ0) is 14.7. The average Bonchev–Trinajstić information content (AvgIpc) is 2.40. The van der Waals surface area contributed by atoms with Crippen LogP contribution in [0.5, 0.6) is 0 Å². The Kier molecular flexibility index (Phi) is 4.28. The normalized spacial score (nSPS) is 10.1. The van der Waals surface area contributed by atoms with Gasteiger partial charge in [0.05, 0.1) is 11.0 Å². The van der Waals surface area contributed by atoms with E-state index in [0.717, 1.165) is 21.8 Å². The van der Waals surface area contributed by atoms with E-state index in [1.54, 1.807) is 24.3 Å². The highest BCUT2D eigenvalue weighted by molar-refractivity contribution is 14.1. The van der Waals surface area contributed by atoms with Gasteiger partial charge < -0.3 is 5.32 Å². The minimum atomic E-state index is -0.827. The lowest BCUT2D eigenvalue weighted by atomic mass is 10.1. The molecule has 0 saturated heterocycles. The van der Waals surface area contributed by atoms with Crippen LogP contribution in [-0.4, -0.2) is 10.8 Å². The SMILES string of the molecule is O=C(Nc1ccc(I)cc1)c1cc(F)cc([N+](=O)[O-])c1. The molecule has 0 aliphatic carbocycles. The van der Waals surface area contributed by atoms with Crippen LogP contribution in [-0.2, 0) is 0 Å². The van der Waals surface area contributed by atoms with Crippen LogP contribution in [0.3, 0.4) is 0 Å². The van der Waals surface area contributed by atoms with Gasteiger partial charge in [0.15, 0.2) is 0 Å². The first-order valence-electron chi connectivity index (χ1n) is 5.47. The molecule has 0 aromatic heterocycles. The summed E-state index contributed by atoms with van der Waals surface area (Å²) in [5.41, 5.74) is -0.0321. The van der Waals surface area contributed by atoms with E-state index in [0.29, 0.717) is 5.69 Å². The molecule has 102 valence electrons. The Labute approximate surface area is 127 Å². The molecule has 2 rings (SSSR count). The number of nitrogens with one attached hydrogen (secondary N) is 1. The molecule has 0 aliphatic rings. The standard InChI is InChI=1S/C13H8FIN2O3/c14-9-5-8(6-12(7-9)17(19)20)13(18)16-11-3-1-10(15)2-4-11/h1-7H,(H,16,18). The summed E-state index contributed by atoms with van der Waals surface area (Å²) in [6.45, 7) is 0. The Balaban J connectivity index is 2.25. The van der Waals surface area contributed by atoms with Crippen molar-refractivity contribution in [3.05, 3.63) is 67.5 Å². The van der Waals surface area contributed by atoms with Crippen molar-refractivity contribution in [2.45, 2.75) is 0 Å². The molecular weight excluding hydrogens is 378 g/mol. The molecule has 2 aromatic carbocycles. The molecular formula is C13H8FIN2O3. The number of amides is 1. The molecule has 1 amide bonds. The molecule has 5 nitrogen and oxygen atoms in total. The van der Waals surface area contributed by atoms with Gasteiger partial charge in [-0.3, -0.25) is 14.9 Å². The van der Waals surface area contributed by atoms with Gasteiger partial charge in [-0.15, -0.1) is 0 Å². The Morgan fingerprint density at radius 1 is 1.20 bits per heavy atom. The van der Waals surface area contributed by atoms with Gasteiger partial charge in [-0.1, -0.05) is 0 Å². The number of non-ortho nitro benzene ring substituents is 1. The van der Waals surface area contributed by atoms with Gasteiger partial charge in [0, 0.05) is 20.9 Å². The summed E-state index contributed by atoms with van der Waals surface area (Å²) in [5.74, 6) is -1.43. The van der Waals surface area contributed by atoms with Crippen LogP contribution in [0.4, 0.5) is 15.8 Å². The summed E-state index contributed by atoms with van der Waals surface area (Å²) in [4.78, 5) is 21.8. The summed E-state index contributed by atoms with van der Waals surface area (Å²) in [7, 11) is 0. The molecule has 20 heavy (non-hydrogen) atoms. The minimum absolute atomic E-state index is 0.102. The summed E-state index contributed by atoms with van der Waals surface area (Å²) in [6, 6.07) is 9.72. The topological polar surface area (TPSA) is 72.2 Å². The van der Waals surface area contributed by atoms with E-state index >= 15 is 0 Å². The molecule has 2 aromatic rings. The zero-order valence-electron chi connectivity index (χ0n) is 9.97. The highest BCUT2D eigenvalue weighted by Gasteiger charge is 2.14. The predicted molar refractivity (Wildman–Crippen MR) is 80.2 cm³/mol. The summed E-state index contributed by atoms with van der Waals surface area (Å²) in [5, 5.41) is 13.2. The van der Waals surface area contributed by atoms with Crippen molar-refractivity contribution in [1.29, 1.82) is 0 Å². The highest BCUT2D eigenvalue weighted by atomic mass is 127. The molecule has 0 atom stereocenters. The van der Waals surface area contributed by atoms with Crippen LogP contribution in [0, 0.1) is 19.5 Å². The first kappa shape index (κ1) is 14.4. The van der Waals surface area contributed by atoms with E-state index in [-0.39, 0.29) is 5.56 Å². The molecule has 0 heterocycles. The van der Waals surface area contributed by atoms with Crippen LogP contribution in [0.25, 0.3) is 0 Å². The van der Waals surface area contributed by atoms with Crippen molar-refractivity contribution in [2.75, 3.05) is 5.32 Å². The number of hydrogen-bond acceptors (Lipinski definition) is 3. The van der Waals surface area contributed by atoms with Gasteiger partial charge in [0.2, 0.25) is 0 Å². The molecule has 0 radical (unpaired) electrons. The largest absolute Gasteiger partial charge is 0.322 e. The second-order valence-corrected chi connectivity index (χ2v) is 5.16. The number of carbonyl (C=O) groups is 1. The van der Waals surface area contributed by atoms with Crippen molar-refractivity contribution in [3.63, 3.8) is 0 Å². The van der Waals surface area contributed by atoms with Gasteiger partial charge in [0.1, 0.15) is 5.82 Å². The molecule has 7 heteroatoms. The van der Waals surface area contributed by atoms with Crippen LogP contribution in [0.1, 0.15) is 10.4 Å². The fraction of sp³-hybridized carbons (Fsp3) is 0. The summed E-state index contributed by atoms with van der Waals surface area (Å²) >= 11 is 2.12.